The number of halogens is 2. The standard InChI is InChI=1S/C11H12ClFO2S/c1-7(11(14)15)5-16-6-8-2-3-9(12)10(13)4-8/h2-4,7H,5-6H2,1H3,(H,14,15). The molecule has 0 aromatic heterocycles. The molecule has 0 fully saturated rings. The predicted molar refractivity (Wildman–Crippen MR) is 64.4 cm³/mol. The van der Waals surface area contributed by atoms with Gasteiger partial charge in [-0.2, -0.15) is 11.8 Å². The molecule has 0 aliphatic carbocycles. The van der Waals surface area contributed by atoms with Gasteiger partial charge < -0.3 is 5.11 Å². The average Bonchev–Trinajstić information content (AvgIpc) is 2.23. The third kappa shape index (κ3) is 4.02. The molecule has 1 aromatic rings. The third-order valence-electron chi connectivity index (χ3n) is 2.04. The van der Waals surface area contributed by atoms with Crippen LogP contribution in [-0.4, -0.2) is 16.8 Å². The number of aliphatic carboxylic acids is 1. The van der Waals surface area contributed by atoms with E-state index in [-0.39, 0.29) is 10.9 Å². The fourth-order valence-corrected chi connectivity index (χ4v) is 2.20. The summed E-state index contributed by atoms with van der Waals surface area (Å²) in [5, 5.41) is 8.77. The van der Waals surface area contributed by atoms with Gasteiger partial charge in [0.1, 0.15) is 5.82 Å². The summed E-state index contributed by atoms with van der Waals surface area (Å²) in [6.45, 7) is 1.65. The van der Waals surface area contributed by atoms with Crippen LogP contribution >= 0.6 is 23.4 Å². The van der Waals surface area contributed by atoms with Crippen LogP contribution in [-0.2, 0) is 10.5 Å². The Bertz CT molecular complexity index is 384. The SMILES string of the molecule is CC(CSCc1ccc(Cl)c(F)c1)C(=O)O. The molecule has 5 heteroatoms. The van der Waals surface area contributed by atoms with Crippen LogP contribution < -0.4 is 0 Å². The van der Waals surface area contributed by atoms with E-state index < -0.39 is 11.8 Å². The van der Waals surface area contributed by atoms with Gasteiger partial charge in [0.25, 0.3) is 0 Å². The van der Waals surface area contributed by atoms with Gasteiger partial charge in [-0.05, 0) is 17.7 Å². The quantitative estimate of drug-likeness (QED) is 0.883. The molecule has 0 heterocycles. The number of carbonyl (C=O) groups is 1. The van der Waals surface area contributed by atoms with Gasteiger partial charge in [0.05, 0.1) is 10.9 Å². The summed E-state index contributed by atoms with van der Waals surface area (Å²) in [4.78, 5) is 10.5. The minimum absolute atomic E-state index is 0.104. The molecule has 1 N–H and O–H groups in total. The minimum Gasteiger partial charge on any atom is -0.481 e. The highest BCUT2D eigenvalue weighted by atomic mass is 35.5. The summed E-state index contributed by atoms with van der Waals surface area (Å²) in [7, 11) is 0. The lowest BCUT2D eigenvalue weighted by molar-refractivity contribution is -0.140. The van der Waals surface area contributed by atoms with Gasteiger partial charge in [0.2, 0.25) is 0 Å². The molecule has 1 rings (SSSR count). The highest BCUT2D eigenvalue weighted by Crippen LogP contribution is 2.20. The first-order chi connectivity index (χ1) is 7.50. The second kappa shape index (κ2) is 6.11. The van der Waals surface area contributed by atoms with E-state index in [0.717, 1.165) is 5.56 Å². The molecule has 0 bridgehead atoms. The van der Waals surface area contributed by atoms with E-state index in [9.17, 15) is 9.18 Å². The molecule has 1 unspecified atom stereocenters. The molecule has 1 aromatic carbocycles. The zero-order chi connectivity index (χ0) is 12.1. The molecule has 2 nitrogen and oxygen atoms in total. The van der Waals surface area contributed by atoms with Crippen molar-refractivity contribution in [3.63, 3.8) is 0 Å². The Balaban J connectivity index is 2.43. The maximum atomic E-state index is 13.1. The highest BCUT2D eigenvalue weighted by molar-refractivity contribution is 7.98. The van der Waals surface area contributed by atoms with Crippen molar-refractivity contribution >= 4 is 29.3 Å². The molecular formula is C11H12ClFO2S. The maximum Gasteiger partial charge on any atom is 0.307 e. The van der Waals surface area contributed by atoms with Crippen molar-refractivity contribution < 1.29 is 14.3 Å². The summed E-state index contributed by atoms with van der Waals surface area (Å²) in [5.74, 6) is -0.534. The fourth-order valence-electron chi connectivity index (χ4n) is 1.05. The Morgan fingerprint density at radius 1 is 1.62 bits per heavy atom. The summed E-state index contributed by atoms with van der Waals surface area (Å²) in [6.07, 6.45) is 0. The number of thioether (sulfide) groups is 1. The van der Waals surface area contributed by atoms with Gasteiger partial charge in [0, 0.05) is 11.5 Å². The van der Waals surface area contributed by atoms with Gasteiger partial charge >= 0.3 is 5.97 Å². The lowest BCUT2D eigenvalue weighted by Crippen LogP contribution is -2.11. The van der Waals surface area contributed by atoms with Gasteiger partial charge in [0.15, 0.2) is 0 Å². The van der Waals surface area contributed by atoms with E-state index >= 15 is 0 Å². The normalized spacial score (nSPS) is 12.4. The predicted octanol–water partition coefficient (Wildman–Crippen LogP) is 3.43. The number of benzene rings is 1. The van der Waals surface area contributed by atoms with E-state index in [2.05, 4.69) is 0 Å². The van der Waals surface area contributed by atoms with Gasteiger partial charge in [-0.3, -0.25) is 4.79 Å². The zero-order valence-electron chi connectivity index (χ0n) is 8.74. The molecular weight excluding hydrogens is 251 g/mol. The summed E-state index contributed by atoms with van der Waals surface area (Å²) < 4.78 is 13.1. The van der Waals surface area contributed by atoms with Crippen molar-refractivity contribution in [2.75, 3.05) is 5.75 Å². The van der Waals surface area contributed by atoms with Crippen LogP contribution in [0.2, 0.25) is 5.02 Å². The molecule has 0 saturated heterocycles. The molecule has 0 aliphatic rings. The Kier molecular flexibility index (Phi) is 5.09. The van der Waals surface area contributed by atoms with E-state index in [1.165, 1.54) is 23.9 Å². The number of hydrogen-bond acceptors (Lipinski definition) is 2. The smallest absolute Gasteiger partial charge is 0.307 e. The molecule has 0 spiro atoms. The number of rotatable bonds is 5. The monoisotopic (exact) mass is 262 g/mol. The zero-order valence-corrected chi connectivity index (χ0v) is 10.3. The van der Waals surface area contributed by atoms with Gasteiger partial charge in [-0.15, -0.1) is 0 Å². The molecule has 0 amide bonds. The van der Waals surface area contributed by atoms with Crippen molar-refractivity contribution in [2.24, 2.45) is 5.92 Å². The summed E-state index contributed by atoms with van der Waals surface area (Å²) >= 11 is 7.01. The second-order valence-corrected chi connectivity index (χ2v) is 4.94. The van der Waals surface area contributed by atoms with Crippen LogP contribution in [0.25, 0.3) is 0 Å². The first-order valence-electron chi connectivity index (χ1n) is 4.75. The van der Waals surface area contributed by atoms with E-state index in [1.807, 2.05) is 0 Å². The minimum atomic E-state index is -0.810. The summed E-state index contributed by atoms with van der Waals surface area (Å²) in [6, 6.07) is 4.62. The van der Waals surface area contributed by atoms with E-state index in [4.69, 9.17) is 16.7 Å². The third-order valence-corrected chi connectivity index (χ3v) is 3.62. The Morgan fingerprint density at radius 3 is 2.88 bits per heavy atom. The first-order valence-corrected chi connectivity index (χ1v) is 6.28. The van der Waals surface area contributed by atoms with Crippen LogP contribution in [0.1, 0.15) is 12.5 Å². The molecule has 0 aliphatic heterocycles. The summed E-state index contributed by atoms with van der Waals surface area (Å²) in [5.41, 5.74) is 0.810. The second-order valence-electron chi connectivity index (χ2n) is 3.50. The van der Waals surface area contributed by atoms with Crippen LogP contribution in [0.4, 0.5) is 4.39 Å². The fraction of sp³-hybridized carbons (Fsp3) is 0.364. The number of carboxylic acids is 1. The van der Waals surface area contributed by atoms with Gasteiger partial charge in [-0.25, -0.2) is 4.39 Å². The van der Waals surface area contributed by atoms with Crippen LogP contribution in [0.5, 0.6) is 0 Å². The first kappa shape index (κ1) is 13.3. The molecule has 0 radical (unpaired) electrons. The molecule has 16 heavy (non-hydrogen) atoms. The largest absolute Gasteiger partial charge is 0.481 e. The lowest BCUT2D eigenvalue weighted by Gasteiger charge is -2.06. The van der Waals surface area contributed by atoms with Gasteiger partial charge in [-0.1, -0.05) is 24.6 Å². The maximum absolute atomic E-state index is 13.1. The van der Waals surface area contributed by atoms with Crippen LogP contribution in [0.3, 0.4) is 0 Å². The number of hydrogen-bond donors (Lipinski definition) is 1. The molecule has 0 saturated carbocycles. The van der Waals surface area contributed by atoms with Crippen molar-refractivity contribution in [3.8, 4) is 0 Å². The van der Waals surface area contributed by atoms with Crippen LogP contribution in [0.15, 0.2) is 18.2 Å². The van der Waals surface area contributed by atoms with E-state index in [0.29, 0.717) is 11.5 Å². The lowest BCUT2D eigenvalue weighted by atomic mass is 10.2. The molecule has 88 valence electrons. The van der Waals surface area contributed by atoms with Crippen molar-refractivity contribution in [1.82, 2.24) is 0 Å². The molecule has 1 atom stereocenters. The Labute approximate surface area is 103 Å². The Morgan fingerprint density at radius 2 is 2.31 bits per heavy atom. The van der Waals surface area contributed by atoms with Crippen LogP contribution in [0, 0.1) is 11.7 Å². The van der Waals surface area contributed by atoms with E-state index in [1.54, 1.807) is 13.0 Å². The van der Waals surface area contributed by atoms with Crippen molar-refractivity contribution in [3.05, 3.63) is 34.6 Å². The highest BCUT2D eigenvalue weighted by Gasteiger charge is 2.10. The Hall–Kier alpha value is -0.740. The topological polar surface area (TPSA) is 37.3 Å². The van der Waals surface area contributed by atoms with Crippen molar-refractivity contribution in [1.29, 1.82) is 0 Å². The van der Waals surface area contributed by atoms with Crippen molar-refractivity contribution in [2.45, 2.75) is 12.7 Å². The number of carboxylic acid groups (broad SMARTS) is 1. The average molecular weight is 263 g/mol.